The normalized spacial score (nSPS) is 20.2. The third kappa shape index (κ3) is 2.08. The highest BCUT2D eigenvalue weighted by Crippen LogP contribution is 2.36. The number of hydrogen-bond acceptors (Lipinski definition) is 6. The first-order chi connectivity index (χ1) is 11.0. The maximum Gasteiger partial charge on any atom is 0.322 e. The lowest BCUT2D eigenvalue weighted by molar-refractivity contribution is -0.124. The van der Waals surface area contributed by atoms with Crippen molar-refractivity contribution < 1.29 is 9.59 Å². The van der Waals surface area contributed by atoms with Gasteiger partial charge in [0.2, 0.25) is 0 Å². The van der Waals surface area contributed by atoms with Crippen molar-refractivity contribution in [2.24, 2.45) is 0 Å². The van der Waals surface area contributed by atoms with Crippen LogP contribution in [0.2, 0.25) is 0 Å². The molecule has 120 valence electrons. The fraction of sp³-hybridized carbons (Fsp3) is 0.467. The molecule has 0 unspecified atom stereocenters. The zero-order chi connectivity index (χ0) is 16.2. The number of thiophene rings is 1. The molecule has 7 nitrogen and oxygen atoms in total. The molecule has 1 spiro atoms. The molecule has 8 heteroatoms. The molecule has 0 aliphatic carbocycles. The van der Waals surface area contributed by atoms with Crippen molar-refractivity contribution in [3.8, 4) is 0 Å². The van der Waals surface area contributed by atoms with Gasteiger partial charge in [0.1, 0.15) is 22.5 Å². The van der Waals surface area contributed by atoms with Gasteiger partial charge in [0, 0.05) is 18.0 Å². The zero-order valence-corrected chi connectivity index (χ0v) is 13.8. The highest BCUT2D eigenvalue weighted by atomic mass is 32.1. The van der Waals surface area contributed by atoms with Gasteiger partial charge in [-0.3, -0.25) is 10.1 Å². The molecule has 2 aromatic rings. The first-order valence-corrected chi connectivity index (χ1v) is 8.41. The smallest absolute Gasteiger partial charge is 0.322 e. The summed E-state index contributed by atoms with van der Waals surface area (Å²) in [6, 6.07) is -0.391. The number of fused-ring (bicyclic) bond motifs is 1. The van der Waals surface area contributed by atoms with Crippen molar-refractivity contribution in [1.29, 1.82) is 0 Å². The Morgan fingerprint density at radius 1 is 1.22 bits per heavy atom. The van der Waals surface area contributed by atoms with Crippen LogP contribution < -0.4 is 15.5 Å². The van der Waals surface area contributed by atoms with Gasteiger partial charge in [-0.2, -0.15) is 0 Å². The first kappa shape index (κ1) is 14.4. The molecule has 0 aromatic carbocycles. The Balaban J connectivity index is 1.64. The Morgan fingerprint density at radius 3 is 2.61 bits per heavy atom. The van der Waals surface area contributed by atoms with Crippen molar-refractivity contribution in [2.75, 3.05) is 18.0 Å². The van der Waals surface area contributed by atoms with Crippen LogP contribution in [-0.2, 0) is 4.79 Å². The van der Waals surface area contributed by atoms with E-state index in [1.807, 2.05) is 0 Å². The first-order valence-electron chi connectivity index (χ1n) is 7.59. The number of aromatic nitrogens is 2. The Labute approximate surface area is 137 Å². The fourth-order valence-electron chi connectivity index (χ4n) is 3.38. The summed E-state index contributed by atoms with van der Waals surface area (Å²) in [4.78, 5) is 36.8. The molecule has 3 amide bonds. The van der Waals surface area contributed by atoms with Crippen molar-refractivity contribution >= 4 is 39.3 Å². The maximum atomic E-state index is 12.0. The molecule has 0 radical (unpaired) electrons. The van der Waals surface area contributed by atoms with Gasteiger partial charge in [-0.15, -0.1) is 11.3 Å². The molecule has 4 rings (SSSR count). The average Bonchev–Trinajstić information content (AvgIpc) is 2.97. The summed E-state index contributed by atoms with van der Waals surface area (Å²) in [5, 5.41) is 6.23. The van der Waals surface area contributed by atoms with Gasteiger partial charge in [0.05, 0.1) is 5.39 Å². The van der Waals surface area contributed by atoms with Gasteiger partial charge < -0.3 is 10.2 Å². The minimum atomic E-state index is -0.751. The summed E-state index contributed by atoms with van der Waals surface area (Å²) in [6.45, 7) is 5.54. The average molecular weight is 331 g/mol. The van der Waals surface area contributed by atoms with E-state index in [1.165, 1.54) is 10.4 Å². The van der Waals surface area contributed by atoms with Crippen molar-refractivity contribution in [2.45, 2.75) is 32.2 Å². The minimum Gasteiger partial charge on any atom is -0.356 e. The van der Waals surface area contributed by atoms with E-state index < -0.39 is 11.6 Å². The monoisotopic (exact) mass is 331 g/mol. The van der Waals surface area contributed by atoms with Crippen LogP contribution in [0.3, 0.4) is 0 Å². The molecule has 0 saturated carbocycles. The topological polar surface area (TPSA) is 87.2 Å². The second-order valence-corrected chi connectivity index (χ2v) is 7.34. The number of imide groups is 1. The number of hydrogen-bond donors (Lipinski definition) is 2. The van der Waals surface area contributed by atoms with Gasteiger partial charge in [0.15, 0.2) is 0 Å². The van der Waals surface area contributed by atoms with Crippen LogP contribution in [0.15, 0.2) is 6.33 Å². The highest BCUT2D eigenvalue weighted by Gasteiger charge is 2.48. The summed E-state index contributed by atoms with van der Waals surface area (Å²) in [5.41, 5.74) is 0.465. The van der Waals surface area contributed by atoms with Crippen molar-refractivity contribution in [1.82, 2.24) is 20.6 Å². The number of urea groups is 1. The van der Waals surface area contributed by atoms with Crippen LogP contribution in [0.5, 0.6) is 0 Å². The highest BCUT2D eigenvalue weighted by molar-refractivity contribution is 7.18. The molecular formula is C15H17N5O2S. The van der Waals surface area contributed by atoms with E-state index in [4.69, 9.17) is 0 Å². The third-order valence-corrected chi connectivity index (χ3v) is 5.99. The number of amides is 3. The van der Waals surface area contributed by atoms with Crippen LogP contribution in [0.4, 0.5) is 10.6 Å². The van der Waals surface area contributed by atoms with Gasteiger partial charge in [-0.25, -0.2) is 14.8 Å². The summed E-state index contributed by atoms with van der Waals surface area (Å²) in [7, 11) is 0. The van der Waals surface area contributed by atoms with Crippen LogP contribution in [0.1, 0.15) is 23.3 Å². The summed E-state index contributed by atoms with van der Waals surface area (Å²) >= 11 is 1.68. The van der Waals surface area contributed by atoms with Crippen LogP contribution in [-0.4, -0.2) is 40.5 Å². The largest absolute Gasteiger partial charge is 0.356 e. The molecule has 2 fully saturated rings. The molecule has 0 bridgehead atoms. The Kier molecular flexibility index (Phi) is 3.06. The molecule has 2 N–H and O–H groups in total. The predicted octanol–water partition coefficient (Wildman–Crippen LogP) is 1.49. The van der Waals surface area contributed by atoms with Crippen molar-refractivity contribution in [3.05, 3.63) is 16.8 Å². The van der Waals surface area contributed by atoms with Crippen molar-refractivity contribution in [3.63, 3.8) is 0 Å². The number of aryl methyl sites for hydroxylation is 2. The SMILES string of the molecule is Cc1sc2ncnc(N3CCC4(CC3)NC(=O)NC4=O)c2c1C. The number of anilines is 1. The number of carbonyl (C=O) groups excluding carboxylic acids is 2. The summed E-state index contributed by atoms with van der Waals surface area (Å²) < 4.78 is 0. The number of nitrogens with one attached hydrogen (secondary N) is 2. The van der Waals surface area contributed by atoms with Gasteiger partial charge >= 0.3 is 6.03 Å². The Hall–Kier alpha value is -2.22. The number of piperidine rings is 1. The summed E-state index contributed by atoms with van der Waals surface area (Å²) in [5.74, 6) is 0.717. The molecule has 2 aliphatic heterocycles. The van der Waals surface area contributed by atoms with E-state index in [0.717, 1.165) is 16.0 Å². The number of rotatable bonds is 1. The molecular weight excluding hydrogens is 314 g/mol. The van der Waals surface area contributed by atoms with Crippen LogP contribution in [0, 0.1) is 13.8 Å². The molecule has 2 aliphatic rings. The quantitative estimate of drug-likeness (QED) is 0.773. The lowest BCUT2D eigenvalue weighted by atomic mass is 9.87. The van der Waals surface area contributed by atoms with E-state index >= 15 is 0 Å². The fourth-order valence-corrected chi connectivity index (χ4v) is 4.38. The van der Waals surface area contributed by atoms with Gasteiger partial charge in [-0.1, -0.05) is 0 Å². The minimum absolute atomic E-state index is 0.211. The maximum absolute atomic E-state index is 12.0. The molecule has 2 saturated heterocycles. The molecule has 23 heavy (non-hydrogen) atoms. The molecule has 4 heterocycles. The second-order valence-electron chi connectivity index (χ2n) is 6.14. The molecule has 2 aromatic heterocycles. The Bertz CT molecular complexity index is 823. The lowest BCUT2D eigenvalue weighted by Gasteiger charge is -2.37. The zero-order valence-electron chi connectivity index (χ0n) is 13.0. The van der Waals surface area contributed by atoms with E-state index in [-0.39, 0.29) is 5.91 Å². The standard InChI is InChI=1S/C15H17N5O2S/c1-8-9(2)23-12-10(8)11(16-7-17-12)20-5-3-15(4-6-20)13(21)18-14(22)19-15/h7H,3-6H2,1-2H3,(H2,18,19,21,22). The third-order valence-electron chi connectivity index (χ3n) is 4.88. The van der Waals surface area contributed by atoms with Gasteiger partial charge in [0.25, 0.3) is 5.91 Å². The van der Waals surface area contributed by atoms with E-state index in [0.29, 0.717) is 25.9 Å². The number of carbonyl (C=O) groups is 2. The van der Waals surface area contributed by atoms with Gasteiger partial charge in [-0.05, 0) is 32.3 Å². The van der Waals surface area contributed by atoms with E-state index in [9.17, 15) is 9.59 Å². The Morgan fingerprint density at radius 2 is 1.96 bits per heavy atom. The summed E-state index contributed by atoms with van der Waals surface area (Å²) in [6.07, 6.45) is 2.76. The van der Waals surface area contributed by atoms with Crippen LogP contribution >= 0.6 is 11.3 Å². The number of nitrogens with zero attached hydrogens (tertiary/aromatic N) is 3. The lowest BCUT2D eigenvalue weighted by Crippen LogP contribution is -2.55. The van der Waals surface area contributed by atoms with E-state index in [2.05, 4.69) is 39.3 Å². The molecule has 0 atom stereocenters. The van der Waals surface area contributed by atoms with E-state index in [1.54, 1.807) is 17.7 Å². The van der Waals surface area contributed by atoms with Crippen LogP contribution in [0.25, 0.3) is 10.2 Å². The second kappa shape index (κ2) is 4.89. The predicted molar refractivity (Wildman–Crippen MR) is 87.7 cm³/mol.